The third-order valence-electron chi connectivity index (χ3n) is 9.68. The van der Waals surface area contributed by atoms with E-state index in [4.69, 9.17) is 4.84 Å². The number of carbonyl (C=O) groups excluding carboxylic acids is 1. The Hall–Kier alpha value is -2.73. The summed E-state index contributed by atoms with van der Waals surface area (Å²) >= 11 is 0. The first-order valence-corrected chi connectivity index (χ1v) is 12.8. The summed E-state index contributed by atoms with van der Waals surface area (Å²) < 4.78 is 1.34. The van der Waals surface area contributed by atoms with E-state index in [0.29, 0.717) is 0 Å². The molecule has 2 aromatic rings. The van der Waals surface area contributed by atoms with E-state index in [9.17, 15) is 4.79 Å². The second-order valence-electron chi connectivity index (χ2n) is 11.2. The summed E-state index contributed by atoms with van der Waals surface area (Å²) in [7, 11) is 0. The van der Waals surface area contributed by atoms with Gasteiger partial charge in [0.2, 0.25) is 0 Å². The van der Waals surface area contributed by atoms with Crippen LogP contribution in [0, 0.1) is 28.6 Å². The van der Waals surface area contributed by atoms with Gasteiger partial charge < -0.3 is 4.84 Å². The molecule has 0 radical (unpaired) electrons. The summed E-state index contributed by atoms with van der Waals surface area (Å²) in [5, 5.41) is 0. The number of imidazole rings is 1. The number of nitrogens with one attached hydrogen (secondary N) is 1. The van der Waals surface area contributed by atoms with Gasteiger partial charge in [-0.15, -0.1) is 5.48 Å². The molecule has 0 spiro atoms. The van der Waals surface area contributed by atoms with Crippen LogP contribution in [-0.2, 0) is 4.84 Å². The Kier molecular flexibility index (Phi) is 5.25. The molecule has 0 aromatic carbocycles. The number of allylic oxidation sites excluding steroid dienone is 3. The van der Waals surface area contributed by atoms with E-state index in [1.54, 1.807) is 18.0 Å². The van der Waals surface area contributed by atoms with Gasteiger partial charge in [0, 0.05) is 24.8 Å². The highest BCUT2D eigenvalue weighted by molar-refractivity contribution is 5.72. The Morgan fingerprint density at radius 2 is 2.00 bits per heavy atom. The molecule has 0 saturated heterocycles. The number of aromatic nitrogens is 3. The first-order chi connectivity index (χ1) is 16.5. The van der Waals surface area contributed by atoms with Crippen LogP contribution < -0.4 is 5.48 Å². The van der Waals surface area contributed by atoms with Gasteiger partial charge in [-0.3, -0.25) is 4.98 Å². The summed E-state index contributed by atoms with van der Waals surface area (Å²) in [5.41, 5.74) is 7.94. The quantitative estimate of drug-likeness (QED) is 0.466. The zero-order valence-electron chi connectivity index (χ0n) is 20.1. The number of pyridine rings is 1. The first-order valence-electron chi connectivity index (χ1n) is 12.8. The topological polar surface area (TPSA) is 69.0 Å². The lowest BCUT2D eigenvalue weighted by molar-refractivity contribution is -0.0264. The van der Waals surface area contributed by atoms with Crippen molar-refractivity contribution < 1.29 is 9.63 Å². The lowest BCUT2D eigenvalue weighted by Crippen LogP contribution is -2.51. The third-order valence-corrected chi connectivity index (χ3v) is 9.68. The molecule has 178 valence electrons. The fraction of sp³-hybridized carbons (Fsp3) is 0.536. The van der Waals surface area contributed by atoms with Crippen LogP contribution in [0.2, 0.25) is 0 Å². The van der Waals surface area contributed by atoms with E-state index in [2.05, 4.69) is 53.6 Å². The first kappa shape index (κ1) is 21.8. The summed E-state index contributed by atoms with van der Waals surface area (Å²) in [6.07, 6.45) is 21.3. The van der Waals surface area contributed by atoms with Gasteiger partial charge in [-0.05, 0) is 90.7 Å². The van der Waals surface area contributed by atoms with Gasteiger partial charge in [-0.2, -0.15) is 0 Å². The molecule has 4 aliphatic carbocycles. The highest BCUT2D eigenvalue weighted by Crippen LogP contribution is 2.66. The molecule has 4 aliphatic rings. The van der Waals surface area contributed by atoms with Crippen LogP contribution in [0.1, 0.15) is 64.4 Å². The number of hydrogen-bond donors (Lipinski definition) is 1. The van der Waals surface area contributed by atoms with Gasteiger partial charge in [-0.25, -0.2) is 14.3 Å². The molecule has 0 bridgehead atoms. The van der Waals surface area contributed by atoms with E-state index in [0.717, 1.165) is 37.0 Å². The summed E-state index contributed by atoms with van der Waals surface area (Å²) in [6, 6.07) is 4.37. The van der Waals surface area contributed by atoms with Crippen LogP contribution in [0.3, 0.4) is 0 Å². The third kappa shape index (κ3) is 3.37. The number of hydroxylamine groups is 1. The zero-order chi connectivity index (χ0) is 23.3. The Balaban J connectivity index is 1.17. The summed E-state index contributed by atoms with van der Waals surface area (Å²) in [4.78, 5) is 25.8. The van der Waals surface area contributed by atoms with E-state index in [1.165, 1.54) is 47.7 Å². The average molecular weight is 459 g/mol. The highest BCUT2D eigenvalue weighted by atomic mass is 16.7. The van der Waals surface area contributed by atoms with Crippen molar-refractivity contribution in [2.75, 3.05) is 0 Å². The Bertz CT molecular complexity index is 1120. The van der Waals surface area contributed by atoms with Gasteiger partial charge in [0.1, 0.15) is 6.33 Å². The predicted molar refractivity (Wildman–Crippen MR) is 130 cm³/mol. The second-order valence-corrected chi connectivity index (χ2v) is 11.2. The summed E-state index contributed by atoms with van der Waals surface area (Å²) in [6.45, 7) is 5.03. The van der Waals surface area contributed by atoms with Crippen LogP contribution in [0.5, 0.6) is 0 Å². The Labute approximate surface area is 201 Å². The van der Waals surface area contributed by atoms with E-state index < -0.39 is 6.09 Å². The van der Waals surface area contributed by atoms with Crippen molar-refractivity contribution in [3.63, 3.8) is 0 Å². The lowest BCUT2D eigenvalue weighted by atomic mass is 9.46. The van der Waals surface area contributed by atoms with Gasteiger partial charge >= 0.3 is 6.09 Å². The lowest BCUT2D eigenvalue weighted by Gasteiger charge is -2.58. The highest BCUT2D eigenvalue weighted by Gasteiger charge is 2.57. The molecule has 2 saturated carbocycles. The average Bonchev–Trinajstić information content (AvgIpc) is 3.51. The number of hydrogen-bond acceptors (Lipinski definition) is 5. The molecule has 6 atom stereocenters. The molecule has 34 heavy (non-hydrogen) atoms. The van der Waals surface area contributed by atoms with Crippen molar-refractivity contribution in [1.82, 2.24) is 20.0 Å². The maximum atomic E-state index is 12.2. The number of fused-ring (bicyclic) bond motifs is 5. The fourth-order valence-electron chi connectivity index (χ4n) is 7.90. The van der Waals surface area contributed by atoms with E-state index >= 15 is 0 Å². The minimum Gasteiger partial charge on any atom is -0.353 e. The Morgan fingerprint density at radius 3 is 2.79 bits per heavy atom. The molecule has 6 rings (SSSR count). The molecule has 1 unspecified atom stereocenters. The monoisotopic (exact) mass is 458 g/mol. The summed E-state index contributed by atoms with van der Waals surface area (Å²) in [5.74, 6) is 2.24. The van der Waals surface area contributed by atoms with Gasteiger partial charge in [-0.1, -0.05) is 37.6 Å². The van der Waals surface area contributed by atoms with Crippen molar-refractivity contribution in [1.29, 1.82) is 0 Å². The smallest absolute Gasteiger partial charge is 0.353 e. The molecular formula is C28H34N4O2. The Morgan fingerprint density at radius 1 is 1.12 bits per heavy atom. The fourth-order valence-corrected chi connectivity index (χ4v) is 7.90. The maximum Gasteiger partial charge on any atom is 0.438 e. The van der Waals surface area contributed by atoms with Gasteiger partial charge in [0.25, 0.3) is 0 Å². The zero-order valence-corrected chi connectivity index (χ0v) is 20.1. The van der Waals surface area contributed by atoms with Crippen molar-refractivity contribution in [3.05, 3.63) is 66.5 Å². The molecule has 0 aliphatic heterocycles. The van der Waals surface area contributed by atoms with Crippen LogP contribution in [0.4, 0.5) is 4.79 Å². The SMILES string of the molecule is C[C@]12CCC(NOC(=O)n3ccnc3)C=C1CC[C@H]1[C@@H]2CC[C@]2(C)C(c3cccnc3)=CC[C@@H]12. The van der Waals surface area contributed by atoms with Crippen LogP contribution in [0.15, 0.2) is 61.0 Å². The van der Waals surface area contributed by atoms with Crippen molar-refractivity contribution >= 4 is 11.7 Å². The van der Waals surface area contributed by atoms with Crippen molar-refractivity contribution in [2.24, 2.45) is 28.6 Å². The van der Waals surface area contributed by atoms with Crippen LogP contribution >= 0.6 is 0 Å². The molecule has 6 nitrogen and oxygen atoms in total. The number of rotatable bonds is 3. The standard InChI is InChI=1S/C28H34N4O2/c1-27-11-9-21(31-34-26(33)32-15-14-30-18-32)16-20(27)5-6-22-24-8-7-23(19-4-3-13-29-17-19)28(24,2)12-10-25(22)27/h3-4,7,13-18,21-22,24-25,31H,5-6,8-12H2,1-2H3/t21?,22-,24+,25+,27+,28-/m1/s1. The second kappa shape index (κ2) is 8.19. The van der Waals surface area contributed by atoms with Crippen LogP contribution in [-0.4, -0.2) is 26.7 Å². The molecule has 6 heteroatoms. The molecule has 2 aromatic heterocycles. The molecular weight excluding hydrogens is 424 g/mol. The maximum absolute atomic E-state index is 12.2. The normalized spacial score (nSPS) is 36.5. The van der Waals surface area contributed by atoms with Gasteiger partial charge in [0.05, 0.1) is 6.04 Å². The van der Waals surface area contributed by atoms with E-state index in [1.807, 2.05) is 12.4 Å². The predicted octanol–water partition coefficient (Wildman–Crippen LogP) is 5.79. The number of nitrogens with zero attached hydrogens (tertiary/aromatic N) is 3. The van der Waals surface area contributed by atoms with E-state index in [-0.39, 0.29) is 16.9 Å². The number of carbonyl (C=O) groups is 1. The molecule has 2 heterocycles. The minimum absolute atomic E-state index is 0.0753. The van der Waals surface area contributed by atoms with Crippen molar-refractivity contribution in [3.8, 4) is 0 Å². The molecule has 2 fully saturated rings. The molecule has 0 amide bonds. The minimum atomic E-state index is -0.447. The van der Waals surface area contributed by atoms with Gasteiger partial charge in [0.15, 0.2) is 0 Å². The largest absolute Gasteiger partial charge is 0.438 e. The van der Waals surface area contributed by atoms with Crippen LogP contribution in [0.25, 0.3) is 5.57 Å². The molecule has 1 N–H and O–H groups in total. The van der Waals surface area contributed by atoms with Crippen molar-refractivity contribution in [2.45, 2.75) is 64.8 Å².